The van der Waals surface area contributed by atoms with Crippen LogP contribution in [-0.4, -0.2) is 57.5 Å². The van der Waals surface area contributed by atoms with Crippen molar-refractivity contribution in [2.45, 2.75) is 37.6 Å². The average Bonchev–Trinajstić information content (AvgIpc) is 2.83. The fourth-order valence-electron chi connectivity index (χ4n) is 2.87. The SMILES string of the molecule is COCCCN(CCOC)C1(CN)CCCC1. The summed E-state index contributed by atoms with van der Waals surface area (Å²) in [6.45, 7) is 4.42. The minimum Gasteiger partial charge on any atom is -0.385 e. The summed E-state index contributed by atoms with van der Waals surface area (Å²) in [5.41, 5.74) is 6.26. The number of hydrogen-bond acceptors (Lipinski definition) is 4. The van der Waals surface area contributed by atoms with Crippen molar-refractivity contribution in [2.75, 3.05) is 47.1 Å². The standard InChI is InChI=1S/C13H28N2O2/c1-16-10-5-8-15(9-11-17-2)13(12-14)6-3-4-7-13/h3-12,14H2,1-2H3. The van der Waals surface area contributed by atoms with Gasteiger partial charge in [0, 0.05) is 46.0 Å². The maximum absolute atomic E-state index is 6.03. The molecule has 0 radical (unpaired) electrons. The zero-order valence-electron chi connectivity index (χ0n) is 11.4. The third-order valence-electron chi connectivity index (χ3n) is 3.93. The zero-order valence-corrected chi connectivity index (χ0v) is 11.4. The van der Waals surface area contributed by atoms with Crippen LogP contribution in [0.5, 0.6) is 0 Å². The zero-order chi connectivity index (χ0) is 12.6. The molecule has 0 aromatic rings. The first-order chi connectivity index (χ1) is 8.29. The first-order valence-electron chi connectivity index (χ1n) is 6.72. The van der Waals surface area contributed by atoms with Gasteiger partial charge in [0.05, 0.1) is 6.61 Å². The Balaban J connectivity index is 2.52. The van der Waals surface area contributed by atoms with Gasteiger partial charge >= 0.3 is 0 Å². The van der Waals surface area contributed by atoms with Gasteiger partial charge in [0.2, 0.25) is 0 Å². The lowest BCUT2D eigenvalue weighted by molar-refractivity contribution is 0.0546. The third kappa shape index (κ3) is 4.21. The molecule has 0 heterocycles. The molecule has 1 saturated carbocycles. The largest absolute Gasteiger partial charge is 0.385 e. The van der Waals surface area contributed by atoms with Gasteiger partial charge in [-0.15, -0.1) is 0 Å². The second-order valence-corrected chi connectivity index (χ2v) is 4.96. The van der Waals surface area contributed by atoms with Crippen LogP contribution in [0.25, 0.3) is 0 Å². The second kappa shape index (κ2) is 8.03. The van der Waals surface area contributed by atoms with Crippen LogP contribution >= 0.6 is 0 Å². The summed E-state index contributed by atoms with van der Waals surface area (Å²) < 4.78 is 10.4. The van der Waals surface area contributed by atoms with E-state index in [0.29, 0.717) is 0 Å². The van der Waals surface area contributed by atoms with Crippen molar-refractivity contribution in [3.05, 3.63) is 0 Å². The minimum absolute atomic E-state index is 0.228. The molecule has 1 fully saturated rings. The van der Waals surface area contributed by atoms with Crippen molar-refractivity contribution in [3.8, 4) is 0 Å². The maximum Gasteiger partial charge on any atom is 0.0589 e. The van der Waals surface area contributed by atoms with Crippen LogP contribution in [-0.2, 0) is 9.47 Å². The Morgan fingerprint density at radius 1 is 1.06 bits per heavy atom. The Morgan fingerprint density at radius 2 is 1.71 bits per heavy atom. The molecule has 0 amide bonds. The molecule has 1 rings (SSSR count). The van der Waals surface area contributed by atoms with Crippen molar-refractivity contribution in [1.29, 1.82) is 0 Å². The summed E-state index contributed by atoms with van der Waals surface area (Å²) in [5, 5.41) is 0. The Bertz CT molecular complexity index is 194. The van der Waals surface area contributed by atoms with E-state index >= 15 is 0 Å². The van der Waals surface area contributed by atoms with Crippen molar-refractivity contribution in [2.24, 2.45) is 5.73 Å². The third-order valence-corrected chi connectivity index (χ3v) is 3.93. The van der Waals surface area contributed by atoms with E-state index in [4.69, 9.17) is 15.2 Å². The molecule has 0 saturated heterocycles. The number of nitrogens with zero attached hydrogens (tertiary/aromatic N) is 1. The summed E-state index contributed by atoms with van der Waals surface area (Å²) >= 11 is 0. The fraction of sp³-hybridized carbons (Fsp3) is 1.00. The number of nitrogens with two attached hydrogens (primary N) is 1. The Hall–Kier alpha value is -0.160. The van der Waals surface area contributed by atoms with Crippen molar-refractivity contribution >= 4 is 0 Å². The molecule has 17 heavy (non-hydrogen) atoms. The summed E-state index contributed by atoms with van der Waals surface area (Å²) in [5.74, 6) is 0. The molecular weight excluding hydrogens is 216 g/mol. The molecule has 4 nitrogen and oxygen atoms in total. The van der Waals surface area contributed by atoms with Crippen LogP contribution in [0.4, 0.5) is 0 Å². The molecule has 0 aromatic heterocycles. The number of ether oxygens (including phenoxy) is 2. The van der Waals surface area contributed by atoms with Gasteiger partial charge in [0.1, 0.15) is 0 Å². The van der Waals surface area contributed by atoms with E-state index in [2.05, 4.69) is 4.90 Å². The minimum atomic E-state index is 0.228. The first-order valence-corrected chi connectivity index (χ1v) is 6.72. The van der Waals surface area contributed by atoms with Crippen LogP contribution in [0, 0.1) is 0 Å². The lowest BCUT2D eigenvalue weighted by Gasteiger charge is -2.40. The molecule has 0 unspecified atom stereocenters. The molecule has 0 aromatic carbocycles. The molecule has 1 aliphatic rings. The number of hydrogen-bond donors (Lipinski definition) is 1. The summed E-state index contributed by atoms with van der Waals surface area (Å²) in [6, 6.07) is 0. The highest BCUT2D eigenvalue weighted by Gasteiger charge is 2.37. The molecular formula is C13H28N2O2. The summed E-state index contributed by atoms with van der Waals surface area (Å²) in [4.78, 5) is 2.53. The molecule has 2 N–H and O–H groups in total. The van der Waals surface area contributed by atoms with Crippen molar-refractivity contribution in [1.82, 2.24) is 4.90 Å². The predicted octanol–water partition coefficient (Wildman–Crippen LogP) is 1.24. The summed E-state index contributed by atoms with van der Waals surface area (Å²) in [7, 11) is 3.52. The second-order valence-electron chi connectivity index (χ2n) is 4.96. The highest BCUT2D eigenvalue weighted by Crippen LogP contribution is 2.34. The Kier molecular flexibility index (Phi) is 7.04. The molecule has 0 aliphatic heterocycles. The van der Waals surface area contributed by atoms with Gasteiger partial charge in [-0.3, -0.25) is 4.90 Å². The van der Waals surface area contributed by atoms with Gasteiger partial charge in [-0.1, -0.05) is 12.8 Å². The maximum atomic E-state index is 6.03. The highest BCUT2D eigenvalue weighted by molar-refractivity contribution is 4.95. The molecule has 0 spiro atoms. The lowest BCUT2D eigenvalue weighted by atomic mass is 9.95. The quantitative estimate of drug-likeness (QED) is 0.620. The molecule has 0 bridgehead atoms. The topological polar surface area (TPSA) is 47.7 Å². The number of rotatable bonds is 9. The van der Waals surface area contributed by atoms with Gasteiger partial charge in [0.15, 0.2) is 0 Å². The van der Waals surface area contributed by atoms with Crippen LogP contribution in [0.2, 0.25) is 0 Å². The summed E-state index contributed by atoms with van der Waals surface area (Å²) in [6.07, 6.45) is 6.16. The van der Waals surface area contributed by atoms with Crippen molar-refractivity contribution < 1.29 is 9.47 Å². The number of methoxy groups -OCH3 is 2. The van der Waals surface area contributed by atoms with Gasteiger partial charge in [-0.2, -0.15) is 0 Å². The smallest absolute Gasteiger partial charge is 0.0589 e. The van der Waals surface area contributed by atoms with Gasteiger partial charge in [-0.25, -0.2) is 0 Å². The molecule has 1 aliphatic carbocycles. The Labute approximate surface area is 105 Å². The van der Waals surface area contributed by atoms with Crippen LogP contribution < -0.4 is 5.73 Å². The molecule has 4 heteroatoms. The van der Waals surface area contributed by atoms with Crippen molar-refractivity contribution in [3.63, 3.8) is 0 Å². The van der Waals surface area contributed by atoms with E-state index in [-0.39, 0.29) is 5.54 Å². The monoisotopic (exact) mass is 244 g/mol. The van der Waals surface area contributed by atoms with Gasteiger partial charge < -0.3 is 15.2 Å². The van der Waals surface area contributed by atoms with Gasteiger partial charge in [-0.05, 0) is 19.3 Å². The van der Waals surface area contributed by atoms with Crippen LogP contribution in [0.1, 0.15) is 32.1 Å². The van der Waals surface area contributed by atoms with E-state index in [1.54, 1.807) is 14.2 Å². The highest BCUT2D eigenvalue weighted by atomic mass is 16.5. The fourth-order valence-corrected chi connectivity index (χ4v) is 2.87. The predicted molar refractivity (Wildman–Crippen MR) is 70.2 cm³/mol. The van der Waals surface area contributed by atoms with E-state index in [1.807, 2.05) is 0 Å². The van der Waals surface area contributed by atoms with Crippen LogP contribution in [0.3, 0.4) is 0 Å². The van der Waals surface area contributed by atoms with E-state index in [0.717, 1.165) is 39.3 Å². The lowest BCUT2D eigenvalue weighted by Crippen LogP contribution is -2.53. The Morgan fingerprint density at radius 3 is 2.24 bits per heavy atom. The molecule has 0 atom stereocenters. The normalized spacial score (nSPS) is 19.1. The first kappa shape index (κ1) is 14.9. The van der Waals surface area contributed by atoms with E-state index in [1.165, 1.54) is 25.7 Å². The average molecular weight is 244 g/mol. The van der Waals surface area contributed by atoms with E-state index < -0.39 is 0 Å². The van der Waals surface area contributed by atoms with E-state index in [9.17, 15) is 0 Å². The molecule has 102 valence electrons. The van der Waals surface area contributed by atoms with Crippen LogP contribution in [0.15, 0.2) is 0 Å². The van der Waals surface area contributed by atoms with Gasteiger partial charge in [0.25, 0.3) is 0 Å².